The van der Waals surface area contributed by atoms with Crippen molar-refractivity contribution in [3.63, 3.8) is 0 Å². The molecule has 0 aliphatic carbocycles. The molecule has 14 rings (SSSR count). The van der Waals surface area contributed by atoms with E-state index in [0.29, 0.717) is 45.4 Å². The average Bonchev–Trinajstić information content (AvgIpc) is 0.819. The van der Waals surface area contributed by atoms with Crippen molar-refractivity contribution < 1.29 is 100 Å². The predicted octanol–water partition coefficient (Wildman–Crippen LogP) is 16.8. The van der Waals surface area contributed by atoms with Gasteiger partial charge in [0.25, 0.3) is 11.8 Å². The predicted molar refractivity (Wildman–Crippen MR) is 462 cm³/mol. The van der Waals surface area contributed by atoms with Gasteiger partial charge in [-0.05, 0) is 131 Å². The molecule has 7 aromatic rings. The molecule has 0 bridgehead atoms. The molecule has 6 aromatic heterocycles. The first-order valence-corrected chi connectivity index (χ1v) is 43.0. The number of aromatic nitrogens is 9. The first-order chi connectivity index (χ1) is 58.9. The number of hydrogen-bond donors (Lipinski definition) is 0. The summed E-state index contributed by atoms with van der Waals surface area (Å²) in [6.45, 7) is 53.7. The summed E-state index contributed by atoms with van der Waals surface area (Å²) in [5.74, 6) is -6.98. The van der Waals surface area contributed by atoms with E-state index >= 15 is 0 Å². The molecule has 7 atom stereocenters. The van der Waals surface area contributed by atoms with Gasteiger partial charge in [-0.2, -0.15) is 5.10 Å². The van der Waals surface area contributed by atoms with Gasteiger partial charge in [0.15, 0.2) is 63.3 Å². The minimum Gasteiger partial charge on any atom is -0.425 e. The number of carbonyl (C=O) groups excluding carboxylic acids is 14. The highest BCUT2D eigenvalue weighted by atomic mass is 16.6. The van der Waals surface area contributed by atoms with Gasteiger partial charge in [0.2, 0.25) is 11.7 Å². The Bertz CT molecular complexity index is 4470. The summed E-state index contributed by atoms with van der Waals surface area (Å²) < 4.78 is 36.0. The van der Waals surface area contributed by atoms with Gasteiger partial charge in [0.1, 0.15) is 58.7 Å². The van der Waals surface area contributed by atoms with E-state index in [1.807, 2.05) is 192 Å². The zero-order valence-electron chi connectivity index (χ0n) is 77.2. The van der Waals surface area contributed by atoms with Crippen LogP contribution in [0.15, 0.2) is 73.3 Å². The fourth-order valence-electron chi connectivity index (χ4n) is 14.1. The van der Waals surface area contributed by atoms with Gasteiger partial charge in [-0.1, -0.05) is 200 Å². The molecule has 0 amide bonds. The summed E-state index contributed by atoms with van der Waals surface area (Å²) in [7, 11) is 0. The maximum Gasteiger partial charge on any atom is 0.324 e. The van der Waals surface area contributed by atoms with Crippen LogP contribution in [0.25, 0.3) is 0 Å². The standard InChI is InChI=1S/C15H18O3.3C14H17NO3.3C13H16N2O3/c1-8(2)10-5-6-12-11(7-10)14(16)13(9(3)4)15(17)18-12;1-7(2)10-5-9-11(6-15-10)18-14(17)12(8(3)4)13(9)16;1-7(2)9-5-10-12(16)11(8(3)4)14(17)18-13(10)15-6-9;1-7(2)9-5-6-10-12(15-9)13(16)11(8(3)4)14(17)18-10;1-6(2)9-11(16)10-8(18-13(9)17)5-14-12(15-10)7(3)4;1-6(2)9-5-8-11(16)10(7(3)4)13(17)18-12(8)15-14-9;1-6(2)8-5-14-12-10(15-8)11(16)9(7(3)4)13(17)18-12/h5-9,13H,1-4H3;5-8,12H,1-4H3;2*5-8,11H,1-4H3;5-7,9H,1-4H3;5-7,10H,1-4H3;5-7,9H,1-4H3. The van der Waals surface area contributed by atoms with Gasteiger partial charge in [0.05, 0.1) is 52.2 Å². The van der Waals surface area contributed by atoms with Crippen LogP contribution in [0.1, 0.15) is 348 Å². The Morgan fingerprint density at radius 3 is 1.02 bits per heavy atom. The SMILES string of the molecule is CC(C)c1cc2c(cn1)OC(=O)C(C(C)C)C2=O.CC(C)c1cc2c(nn1)OC(=O)C(C(C)C)C2=O.CC(C)c1ccc2c(c1)C(=O)C(C(C)C)C(=O)O2.CC(C)c1ccc2c(n1)C(=O)C(C(C)C)C(=O)O2.CC(C)c1cnc2c(c1)C(=O)C(C(C)C)C(=O)O2.CC(C)c1cnc2c(n1)C(=O)C(C(C)C)C(=O)O2.CC(C)c1ncc2c(n1)C(=O)C(C(C)C)C(=O)O2. The van der Waals surface area contributed by atoms with Crippen molar-refractivity contribution >= 4 is 82.3 Å². The van der Waals surface area contributed by atoms with E-state index in [9.17, 15) is 67.1 Å². The largest absolute Gasteiger partial charge is 0.425 e. The number of ketones is 7. The van der Waals surface area contributed by atoms with Crippen molar-refractivity contribution in [2.75, 3.05) is 0 Å². The monoisotopic (exact) mass is 1730 g/mol. The van der Waals surface area contributed by atoms with Crippen LogP contribution in [0.4, 0.5) is 0 Å². The minimum absolute atomic E-state index is 0.0336. The van der Waals surface area contributed by atoms with Gasteiger partial charge in [-0.15, -0.1) is 5.10 Å². The summed E-state index contributed by atoms with van der Waals surface area (Å²) in [6, 6.07) is 14.1. The van der Waals surface area contributed by atoms with Crippen molar-refractivity contribution in [1.82, 2.24) is 45.1 Å². The third kappa shape index (κ3) is 22.6. The van der Waals surface area contributed by atoms with E-state index in [0.717, 1.165) is 33.9 Å². The molecule has 0 radical (unpaired) electrons. The summed E-state index contributed by atoms with van der Waals surface area (Å²) in [4.78, 5) is 197. The van der Waals surface area contributed by atoms with Gasteiger partial charge in [-0.3, -0.25) is 72.1 Å². The lowest BCUT2D eigenvalue weighted by molar-refractivity contribution is -0.140. The third-order valence-corrected chi connectivity index (χ3v) is 21.8. The normalized spacial score (nSPS) is 19.1. The maximum absolute atomic E-state index is 12.3. The molecule has 30 heteroatoms. The van der Waals surface area contributed by atoms with Crippen LogP contribution in [-0.4, -0.2) is 127 Å². The molecule has 7 aliphatic heterocycles. The molecule has 0 N–H and O–H groups in total. The minimum atomic E-state index is -0.769. The topological polar surface area (TPSA) is 420 Å². The number of hydrogen-bond acceptors (Lipinski definition) is 30. The Hall–Kier alpha value is -12.1. The van der Waals surface area contributed by atoms with Gasteiger partial charge < -0.3 is 33.2 Å². The highest BCUT2D eigenvalue weighted by molar-refractivity contribution is 6.17. The molecule has 126 heavy (non-hydrogen) atoms. The Balaban J connectivity index is 0.000000182. The summed E-state index contributed by atoms with van der Waals surface area (Å²) in [5, 5.41) is 7.77. The van der Waals surface area contributed by atoms with Crippen molar-refractivity contribution in [3.8, 4) is 40.6 Å². The van der Waals surface area contributed by atoms with Crippen molar-refractivity contribution in [2.24, 2.45) is 82.9 Å². The molecule has 0 fully saturated rings. The molecule has 0 saturated heterocycles. The summed E-state index contributed by atoms with van der Waals surface area (Å²) in [6.07, 6.45) is 6.07. The molecular formula is C96H117N9O21. The number of benzene rings is 1. The van der Waals surface area contributed by atoms with Crippen LogP contribution in [0.5, 0.6) is 40.6 Å². The van der Waals surface area contributed by atoms with Crippen LogP contribution in [-0.2, 0) is 33.6 Å². The summed E-state index contributed by atoms with van der Waals surface area (Å²) in [5.41, 5.74) is 7.70. The number of ether oxygens (including phenoxy) is 7. The Labute approximate surface area is 735 Å². The van der Waals surface area contributed by atoms with Gasteiger partial charge >= 0.3 is 41.8 Å². The third-order valence-electron chi connectivity index (χ3n) is 21.8. The quantitative estimate of drug-likeness (QED) is 0.0554. The molecule has 30 nitrogen and oxygen atoms in total. The van der Waals surface area contributed by atoms with E-state index in [1.165, 1.54) is 12.4 Å². The maximum atomic E-state index is 12.3. The van der Waals surface area contributed by atoms with Crippen molar-refractivity contribution in [1.29, 1.82) is 0 Å². The number of fused-ring (bicyclic) bond motifs is 7. The van der Waals surface area contributed by atoms with E-state index in [1.54, 1.807) is 48.8 Å². The van der Waals surface area contributed by atoms with Crippen LogP contribution in [0.2, 0.25) is 0 Å². The average molecular weight is 1730 g/mol. The Morgan fingerprint density at radius 2 is 0.571 bits per heavy atom. The second-order valence-corrected chi connectivity index (χ2v) is 36.6. The van der Waals surface area contributed by atoms with Gasteiger partial charge in [-0.25, -0.2) is 29.9 Å². The van der Waals surface area contributed by atoms with Gasteiger partial charge in [0, 0.05) is 23.5 Å². The van der Waals surface area contributed by atoms with E-state index in [4.69, 9.17) is 33.2 Å². The van der Waals surface area contributed by atoms with Crippen molar-refractivity contribution in [3.05, 3.63) is 152 Å². The fraction of sp³-hybridized carbons (Fsp3) is 0.510. The number of pyridine rings is 3. The van der Waals surface area contributed by atoms with E-state index < -0.39 is 83.2 Å². The molecular weight excluding hydrogens is 1620 g/mol. The van der Waals surface area contributed by atoms with E-state index in [2.05, 4.69) is 58.9 Å². The first kappa shape index (κ1) is 99.3. The number of esters is 7. The molecule has 672 valence electrons. The smallest absolute Gasteiger partial charge is 0.324 e. The highest BCUT2D eigenvalue weighted by Crippen LogP contribution is 2.40. The van der Waals surface area contributed by atoms with Crippen LogP contribution < -0.4 is 33.2 Å². The second kappa shape index (κ2) is 41.8. The number of carbonyl (C=O) groups is 14. The molecule has 0 saturated carbocycles. The molecule has 1 aromatic carbocycles. The van der Waals surface area contributed by atoms with Crippen molar-refractivity contribution in [2.45, 2.75) is 235 Å². The first-order valence-electron chi connectivity index (χ1n) is 43.0. The fourth-order valence-corrected chi connectivity index (χ4v) is 14.1. The number of rotatable bonds is 14. The van der Waals surface area contributed by atoms with Crippen LogP contribution >= 0.6 is 0 Å². The lowest BCUT2D eigenvalue weighted by Gasteiger charge is -2.25. The molecule has 13 heterocycles. The van der Waals surface area contributed by atoms with Crippen LogP contribution in [0.3, 0.4) is 0 Å². The molecule has 0 spiro atoms. The number of Topliss-reactive ketones (excluding diaryl/α,β-unsaturated/α-hetero) is 7. The second-order valence-electron chi connectivity index (χ2n) is 36.6. The lowest BCUT2D eigenvalue weighted by Crippen LogP contribution is -2.38. The zero-order valence-corrected chi connectivity index (χ0v) is 77.2. The molecule has 7 unspecified atom stereocenters. The lowest BCUT2D eigenvalue weighted by atomic mass is 9.85. The molecule has 7 aliphatic rings. The summed E-state index contributed by atoms with van der Waals surface area (Å²) >= 11 is 0. The van der Waals surface area contributed by atoms with E-state index in [-0.39, 0.29) is 164 Å². The highest BCUT2D eigenvalue weighted by Gasteiger charge is 2.47. The Kier molecular flexibility index (Phi) is 32.9. The number of nitrogens with zero attached hydrogens (tertiary/aromatic N) is 9. The zero-order chi connectivity index (χ0) is 94.1. The Morgan fingerprint density at radius 1 is 0.230 bits per heavy atom. The van der Waals surface area contributed by atoms with Crippen LogP contribution in [0, 0.1) is 82.9 Å².